The van der Waals surface area contributed by atoms with Crippen molar-refractivity contribution in [3.05, 3.63) is 59.2 Å². The molecule has 0 saturated heterocycles. The maximum Gasteiger partial charge on any atom is 0.255 e. The van der Waals surface area contributed by atoms with Gasteiger partial charge in [0.1, 0.15) is 0 Å². The molecule has 2 aromatic carbocycles. The first-order valence-corrected chi connectivity index (χ1v) is 7.35. The third-order valence-electron chi connectivity index (χ3n) is 2.84. The minimum absolute atomic E-state index is 0.0618. The van der Waals surface area contributed by atoms with Crippen molar-refractivity contribution in [1.29, 1.82) is 0 Å². The van der Waals surface area contributed by atoms with E-state index in [1.54, 1.807) is 11.8 Å². The minimum atomic E-state index is -0.0618. The molecule has 0 aromatic heterocycles. The molecule has 0 radical (unpaired) electrons. The summed E-state index contributed by atoms with van der Waals surface area (Å²) < 4.78 is 0. The number of rotatable bonds is 3. The molecule has 0 atom stereocenters. The summed E-state index contributed by atoms with van der Waals surface area (Å²) in [5, 5.41) is 2.97. The Bertz CT molecular complexity index is 587. The zero-order valence-electron chi connectivity index (χ0n) is 11.4. The summed E-state index contributed by atoms with van der Waals surface area (Å²) in [5.41, 5.74) is 3.76. The van der Waals surface area contributed by atoms with Crippen LogP contribution in [-0.2, 0) is 0 Å². The predicted molar refractivity (Wildman–Crippen MR) is 82.1 cm³/mol. The smallest absolute Gasteiger partial charge is 0.255 e. The molecule has 0 aliphatic heterocycles. The second-order valence-corrected chi connectivity index (χ2v) is 5.38. The number of carbonyl (C=O) groups excluding carboxylic acids is 1. The van der Waals surface area contributed by atoms with Crippen molar-refractivity contribution in [3.63, 3.8) is 0 Å². The lowest BCUT2D eigenvalue weighted by Crippen LogP contribution is -2.12. The molecule has 0 heterocycles. The Balaban J connectivity index is 2.25. The fourth-order valence-electron chi connectivity index (χ4n) is 2.05. The highest BCUT2D eigenvalue weighted by Gasteiger charge is 2.09. The van der Waals surface area contributed by atoms with Crippen LogP contribution >= 0.6 is 11.8 Å². The molecule has 0 aliphatic carbocycles. The molecule has 2 rings (SSSR count). The highest BCUT2D eigenvalue weighted by atomic mass is 32.2. The summed E-state index contributed by atoms with van der Waals surface area (Å²) in [5.74, 6) is -0.0618. The lowest BCUT2D eigenvalue weighted by Gasteiger charge is -2.10. The van der Waals surface area contributed by atoms with Gasteiger partial charge < -0.3 is 5.32 Å². The predicted octanol–water partition coefficient (Wildman–Crippen LogP) is 4.28. The Morgan fingerprint density at radius 2 is 1.68 bits per heavy atom. The number of carbonyl (C=O) groups is 1. The Morgan fingerprint density at radius 3 is 2.32 bits per heavy atom. The number of benzene rings is 2. The average molecular weight is 271 g/mol. The largest absolute Gasteiger partial charge is 0.321 e. The van der Waals surface area contributed by atoms with Crippen molar-refractivity contribution in [2.24, 2.45) is 0 Å². The highest BCUT2D eigenvalue weighted by molar-refractivity contribution is 7.98. The van der Waals surface area contributed by atoms with Gasteiger partial charge in [0.05, 0.1) is 5.69 Å². The SMILES string of the molecule is CSc1ccccc1NC(=O)c1cc(C)cc(C)c1. The molecule has 0 fully saturated rings. The summed E-state index contributed by atoms with van der Waals surface area (Å²) in [4.78, 5) is 13.3. The summed E-state index contributed by atoms with van der Waals surface area (Å²) in [6.07, 6.45) is 2.00. The van der Waals surface area contributed by atoms with Crippen LogP contribution in [0.15, 0.2) is 47.4 Å². The van der Waals surface area contributed by atoms with Crippen molar-refractivity contribution in [2.75, 3.05) is 11.6 Å². The first kappa shape index (κ1) is 13.7. The summed E-state index contributed by atoms with van der Waals surface area (Å²) in [6.45, 7) is 4.00. The molecule has 19 heavy (non-hydrogen) atoms. The van der Waals surface area contributed by atoms with Gasteiger partial charge in [0.25, 0.3) is 5.91 Å². The van der Waals surface area contributed by atoms with Crippen LogP contribution in [0, 0.1) is 13.8 Å². The van der Waals surface area contributed by atoms with Crippen LogP contribution < -0.4 is 5.32 Å². The van der Waals surface area contributed by atoms with E-state index in [4.69, 9.17) is 0 Å². The van der Waals surface area contributed by atoms with Crippen LogP contribution in [-0.4, -0.2) is 12.2 Å². The highest BCUT2D eigenvalue weighted by Crippen LogP contribution is 2.25. The fourth-order valence-corrected chi connectivity index (χ4v) is 2.60. The van der Waals surface area contributed by atoms with Gasteiger partial charge in [0.2, 0.25) is 0 Å². The van der Waals surface area contributed by atoms with E-state index in [9.17, 15) is 4.79 Å². The lowest BCUT2D eigenvalue weighted by atomic mass is 10.1. The van der Waals surface area contributed by atoms with E-state index in [1.165, 1.54) is 0 Å². The minimum Gasteiger partial charge on any atom is -0.321 e. The van der Waals surface area contributed by atoms with Gasteiger partial charge in [-0.15, -0.1) is 11.8 Å². The maximum atomic E-state index is 12.3. The van der Waals surface area contributed by atoms with Crippen molar-refractivity contribution in [3.8, 4) is 0 Å². The topological polar surface area (TPSA) is 29.1 Å². The van der Waals surface area contributed by atoms with Gasteiger partial charge in [0, 0.05) is 10.5 Å². The van der Waals surface area contributed by atoms with Crippen LogP contribution in [0.1, 0.15) is 21.5 Å². The molecule has 0 unspecified atom stereocenters. The van der Waals surface area contributed by atoms with E-state index < -0.39 is 0 Å². The number of amides is 1. The summed E-state index contributed by atoms with van der Waals surface area (Å²) >= 11 is 1.62. The normalized spacial score (nSPS) is 10.3. The second-order valence-electron chi connectivity index (χ2n) is 4.53. The number of aryl methyl sites for hydroxylation is 2. The third-order valence-corrected chi connectivity index (χ3v) is 3.63. The Labute approximate surface area is 118 Å². The number of thioether (sulfide) groups is 1. The van der Waals surface area contributed by atoms with Crippen LogP contribution in [0.5, 0.6) is 0 Å². The standard InChI is InChI=1S/C16H17NOS/c1-11-8-12(2)10-13(9-11)16(18)17-14-6-4-5-7-15(14)19-3/h4-10H,1-3H3,(H,17,18). The Morgan fingerprint density at radius 1 is 1.05 bits per heavy atom. The van der Waals surface area contributed by atoms with Gasteiger partial charge in [-0.05, 0) is 44.4 Å². The number of anilines is 1. The summed E-state index contributed by atoms with van der Waals surface area (Å²) in [7, 11) is 0. The molecule has 0 spiro atoms. The molecule has 0 bridgehead atoms. The molecule has 1 amide bonds. The number of hydrogen-bond donors (Lipinski definition) is 1. The van der Waals surface area contributed by atoms with Gasteiger partial charge in [-0.2, -0.15) is 0 Å². The molecular weight excluding hydrogens is 254 g/mol. The van der Waals surface area contributed by atoms with E-state index in [-0.39, 0.29) is 5.91 Å². The van der Waals surface area contributed by atoms with Gasteiger partial charge in [-0.3, -0.25) is 4.79 Å². The molecule has 3 heteroatoms. The maximum absolute atomic E-state index is 12.3. The average Bonchev–Trinajstić information content (AvgIpc) is 2.38. The quantitative estimate of drug-likeness (QED) is 0.844. The van der Waals surface area contributed by atoms with E-state index in [0.29, 0.717) is 5.56 Å². The van der Waals surface area contributed by atoms with Crippen LogP contribution in [0.25, 0.3) is 0 Å². The van der Waals surface area contributed by atoms with E-state index >= 15 is 0 Å². The van der Waals surface area contributed by atoms with Crippen molar-refractivity contribution < 1.29 is 4.79 Å². The fraction of sp³-hybridized carbons (Fsp3) is 0.188. The second kappa shape index (κ2) is 5.93. The van der Waals surface area contributed by atoms with E-state index in [0.717, 1.165) is 21.7 Å². The van der Waals surface area contributed by atoms with Gasteiger partial charge in [-0.25, -0.2) is 0 Å². The monoisotopic (exact) mass is 271 g/mol. The first-order chi connectivity index (χ1) is 9.10. The van der Waals surface area contributed by atoms with Gasteiger partial charge >= 0.3 is 0 Å². The number of para-hydroxylation sites is 1. The lowest BCUT2D eigenvalue weighted by molar-refractivity contribution is 0.102. The molecule has 98 valence electrons. The first-order valence-electron chi connectivity index (χ1n) is 6.13. The molecular formula is C16H17NOS. The van der Waals surface area contributed by atoms with Crippen LogP contribution in [0.3, 0.4) is 0 Å². The zero-order valence-corrected chi connectivity index (χ0v) is 12.2. The third kappa shape index (κ3) is 3.38. The van der Waals surface area contributed by atoms with Gasteiger partial charge in [-0.1, -0.05) is 29.3 Å². The zero-order chi connectivity index (χ0) is 13.8. The number of nitrogens with one attached hydrogen (secondary N) is 1. The van der Waals surface area contributed by atoms with Crippen LogP contribution in [0.2, 0.25) is 0 Å². The van der Waals surface area contributed by atoms with Crippen molar-refractivity contribution in [1.82, 2.24) is 0 Å². The van der Waals surface area contributed by atoms with E-state index in [2.05, 4.69) is 11.4 Å². The summed E-state index contributed by atoms with van der Waals surface area (Å²) in [6, 6.07) is 13.7. The van der Waals surface area contributed by atoms with E-state index in [1.807, 2.05) is 56.5 Å². The van der Waals surface area contributed by atoms with Crippen molar-refractivity contribution in [2.45, 2.75) is 18.7 Å². The number of hydrogen-bond acceptors (Lipinski definition) is 2. The molecule has 0 aliphatic rings. The molecule has 0 saturated carbocycles. The van der Waals surface area contributed by atoms with Gasteiger partial charge in [0.15, 0.2) is 0 Å². The van der Waals surface area contributed by atoms with Crippen LogP contribution in [0.4, 0.5) is 5.69 Å². The Kier molecular flexibility index (Phi) is 4.27. The molecule has 2 nitrogen and oxygen atoms in total. The Hall–Kier alpha value is -1.74. The van der Waals surface area contributed by atoms with Crippen molar-refractivity contribution >= 4 is 23.4 Å². The molecule has 2 aromatic rings. The molecule has 1 N–H and O–H groups in total.